The topological polar surface area (TPSA) is 61.4 Å². The summed E-state index contributed by atoms with van der Waals surface area (Å²) in [5, 5.41) is 6.10. The summed E-state index contributed by atoms with van der Waals surface area (Å²) in [5.74, 6) is 1.12. The van der Waals surface area contributed by atoms with E-state index < -0.39 is 0 Å². The molecule has 120 valence electrons. The summed E-state index contributed by atoms with van der Waals surface area (Å²) in [6.45, 7) is 3.79. The van der Waals surface area contributed by atoms with E-state index in [0.29, 0.717) is 17.4 Å². The number of rotatable bonds is 3. The van der Waals surface area contributed by atoms with Gasteiger partial charge in [-0.3, -0.25) is 9.59 Å². The summed E-state index contributed by atoms with van der Waals surface area (Å²) >= 11 is 0. The lowest BCUT2D eigenvalue weighted by Gasteiger charge is -2.34. The van der Waals surface area contributed by atoms with Crippen LogP contribution in [0.15, 0.2) is 30.3 Å². The monoisotopic (exact) mass is 323 g/mol. The summed E-state index contributed by atoms with van der Waals surface area (Å²) in [6.07, 6.45) is 1.07. The van der Waals surface area contributed by atoms with E-state index in [1.54, 1.807) is 12.1 Å². The van der Waals surface area contributed by atoms with Gasteiger partial charge in [-0.2, -0.15) is 0 Å². The summed E-state index contributed by atoms with van der Waals surface area (Å²) in [5.41, 5.74) is 0.587. The Morgan fingerprint density at radius 3 is 2.68 bits per heavy atom. The molecule has 2 aliphatic rings. The zero-order chi connectivity index (χ0) is 14.7. The lowest BCUT2D eigenvalue weighted by molar-refractivity contribution is -0.132. The fourth-order valence-corrected chi connectivity index (χ4v) is 3.22. The van der Waals surface area contributed by atoms with Crippen molar-refractivity contribution in [1.82, 2.24) is 15.5 Å². The van der Waals surface area contributed by atoms with E-state index in [-0.39, 0.29) is 30.8 Å². The first-order valence-corrected chi connectivity index (χ1v) is 7.56. The minimum absolute atomic E-state index is 0. The van der Waals surface area contributed by atoms with Gasteiger partial charge in [0.1, 0.15) is 0 Å². The maximum Gasteiger partial charge on any atom is 0.251 e. The van der Waals surface area contributed by atoms with Crippen LogP contribution in [0.3, 0.4) is 0 Å². The number of nitrogens with zero attached hydrogens (tertiary/aromatic N) is 1. The highest BCUT2D eigenvalue weighted by Crippen LogP contribution is 2.26. The van der Waals surface area contributed by atoms with E-state index >= 15 is 0 Å². The van der Waals surface area contributed by atoms with Gasteiger partial charge in [-0.15, -0.1) is 12.4 Å². The van der Waals surface area contributed by atoms with Gasteiger partial charge in [-0.25, -0.2) is 0 Å². The van der Waals surface area contributed by atoms with Gasteiger partial charge in [-0.1, -0.05) is 18.2 Å². The second-order valence-corrected chi connectivity index (χ2v) is 5.86. The van der Waals surface area contributed by atoms with Gasteiger partial charge in [-0.05, 0) is 43.5 Å². The largest absolute Gasteiger partial charge is 0.343 e. The Morgan fingerprint density at radius 2 is 1.91 bits per heavy atom. The van der Waals surface area contributed by atoms with Crippen molar-refractivity contribution >= 4 is 24.2 Å². The van der Waals surface area contributed by atoms with Crippen molar-refractivity contribution in [2.24, 2.45) is 11.8 Å². The van der Waals surface area contributed by atoms with Crippen LogP contribution in [0.25, 0.3) is 0 Å². The predicted octanol–water partition coefficient (Wildman–Crippen LogP) is 0.906. The van der Waals surface area contributed by atoms with E-state index in [1.807, 2.05) is 23.1 Å². The number of hydrogen-bond acceptors (Lipinski definition) is 3. The lowest BCUT2D eigenvalue weighted by Crippen LogP contribution is -2.47. The van der Waals surface area contributed by atoms with Crippen LogP contribution in [0.4, 0.5) is 0 Å². The Kier molecular flexibility index (Phi) is 5.80. The third-order valence-corrected chi connectivity index (χ3v) is 4.49. The van der Waals surface area contributed by atoms with Crippen molar-refractivity contribution in [3.63, 3.8) is 0 Å². The molecule has 2 unspecified atom stereocenters. The van der Waals surface area contributed by atoms with Gasteiger partial charge in [0.2, 0.25) is 5.91 Å². The van der Waals surface area contributed by atoms with Crippen LogP contribution in [0, 0.1) is 11.8 Å². The van der Waals surface area contributed by atoms with Crippen LogP contribution in [0.2, 0.25) is 0 Å². The average molecular weight is 324 g/mol. The summed E-state index contributed by atoms with van der Waals surface area (Å²) in [4.78, 5) is 26.0. The molecule has 2 heterocycles. The van der Waals surface area contributed by atoms with Gasteiger partial charge in [0.15, 0.2) is 0 Å². The SMILES string of the molecule is Cl.O=C(NCC(=O)N1CCC2CNCC2C1)c1ccccc1. The molecule has 0 bridgehead atoms. The number of halogens is 1. The third kappa shape index (κ3) is 3.78. The van der Waals surface area contributed by atoms with Gasteiger partial charge in [0.05, 0.1) is 6.54 Å². The molecule has 0 spiro atoms. The molecule has 0 aliphatic carbocycles. The second kappa shape index (κ2) is 7.61. The minimum atomic E-state index is -0.193. The smallest absolute Gasteiger partial charge is 0.251 e. The van der Waals surface area contributed by atoms with E-state index in [1.165, 1.54) is 0 Å². The first-order chi connectivity index (χ1) is 10.2. The summed E-state index contributed by atoms with van der Waals surface area (Å²) < 4.78 is 0. The van der Waals surface area contributed by atoms with Crippen molar-refractivity contribution in [2.45, 2.75) is 6.42 Å². The van der Waals surface area contributed by atoms with Gasteiger partial charge in [0.25, 0.3) is 5.91 Å². The number of amides is 2. The zero-order valence-electron chi connectivity index (χ0n) is 12.5. The normalized spacial score (nSPS) is 23.4. The highest BCUT2D eigenvalue weighted by atomic mass is 35.5. The molecular formula is C16H22ClN3O2. The highest BCUT2D eigenvalue weighted by Gasteiger charge is 2.34. The molecule has 0 saturated carbocycles. The van der Waals surface area contributed by atoms with Crippen molar-refractivity contribution in [3.8, 4) is 0 Å². The number of nitrogens with one attached hydrogen (secondary N) is 2. The molecule has 2 N–H and O–H groups in total. The minimum Gasteiger partial charge on any atom is -0.343 e. The van der Waals surface area contributed by atoms with E-state index in [2.05, 4.69) is 10.6 Å². The van der Waals surface area contributed by atoms with Crippen LogP contribution >= 0.6 is 12.4 Å². The van der Waals surface area contributed by atoms with Gasteiger partial charge < -0.3 is 15.5 Å². The van der Waals surface area contributed by atoms with E-state index in [9.17, 15) is 9.59 Å². The molecular weight excluding hydrogens is 302 g/mol. The molecule has 22 heavy (non-hydrogen) atoms. The third-order valence-electron chi connectivity index (χ3n) is 4.49. The molecule has 1 aromatic carbocycles. The first kappa shape index (κ1) is 16.8. The Labute approximate surface area is 136 Å². The number of benzene rings is 1. The molecule has 0 aromatic heterocycles. The fourth-order valence-electron chi connectivity index (χ4n) is 3.22. The Balaban J connectivity index is 0.00000176. The predicted molar refractivity (Wildman–Crippen MR) is 87.1 cm³/mol. The quantitative estimate of drug-likeness (QED) is 0.869. The van der Waals surface area contributed by atoms with E-state index in [4.69, 9.17) is 0 Å². The summed E-state index contributed by atoms with van der Waals surface area (Å²) in [7, 11) is 0. The summed E-state index contributed by atoms with van der Waals surface area (Å²) in [6, 6.07) is 8.98. The fraction of sp³-hybridized carbons (Fsp3) is 0.500. The maximum absolute atomic E-state index is 12.2. The van der Waals surface area contributed by atoms with Crippen molar-refractivity contribution in [2.75, 3.05) is 32.7 Å². The second-order valence-electron chi connectivity index (χ2n) is 5.86. The van der Waals surface area contributed by atoms with Crippen LogP contribution in [0.5, 0.6) is 0 Å². The van der Waals surface area contributed by atoms with Crippen molar-refractivity contribution in [3.05, 3.63) is 35.9 Å². The molecule has 2 amide bonds. The van der Waals surface area contributed by atoms with Crippen molar-refractivity contribution < 1.29 is 9.59 Å². The number of carbonyl (C=O) groups excluding carboxylic acids is 2. The Hall–Kier alpha value is -1.59. The molecule has 5 nitrogen and oxygen atoms in total. The molecule has 2 saturated heterocycles. The van der Waals surface area contributed by atoms with Gasteiger partial charge in [0, 0.05) is 18.7 Å². The number of carbonyl (C=O) groups is 2. The van der Waals surface area contributed by atoms with Crippen molar-refractivity contribution in [1.29, 1.82) is 0 Å². The molecule has 3 rings (SSSR count). The molecule has 2 fully saturated rings. The zero-order valence-corrected chi connectivity index (χ0v) is 13.3. The number of piperidine rings is 1. The molecule has 2 aliphatic heterocycles. The number of likely N-dealkylation sites (tertiary alicyclic amines) is 1. The molecule has 2 atom stereocenters. The van der Waals surface area contributed by atoms with Crippen LogP contribution in [0.1, 0.15) is 16.8 Å². The highest BCUT2D eigenvalue weighted by molar-refractivity contribution is 5.96. The standard InChI is InChI=1S/C16H21N3O2.ClH/c20-15(10-18-16(21)12-4-2-1-3-5-12)19-7-6-13-8-17-9-14(13)11-19;/h1-5,13-14,17H,6-11H2,(H,18,21);1H. The molecule has 1 aromatic rings. The van der Waals surface area contributed by atoms with Gasteiger partial charge >= 0.3 is 0 Å². The van der Waals surface area contributed by atoms with Crippen LogP contribution in [-0.2, 0) is 4.79 Å². The maximum atomic E-state index is 12.2. The van der Waals surface area contributed by atoms with Crippen LogP contribution in [-0.4, -0.2) is 49.4 Å². The van der Waals surface area contributed by atoms with E-state index in [0.717, 1.165) is 32.6 Å². The average Bonchev–Trinajstić information content (AvgIpc) is 3.00. The molecule has 0 radical (unpaired) electrons. The number of hydrogen-bond donors (Lipinski definition) is 2. The Bertz CT molecular complexity index is 523. The Morgan fingerprint density at radius 1 is 1.18 bits per heavy atom. The molecule has 6 heteroatoms. The number of fused-ring (bicyclic) bond motifs is 1. The first-order valence-electron chi connectivity index (χ1n) is 7.56. The van der Waals surface area contributed by atoms with Crippen LogP contribution < -0.4 is 10.6 Å². The lowest BCUT2D eigenvalue weighted by atomic mass is 9.89.